The highest BCUT2D eigenvalue weighted by Crippen LogP contribution is 2.27. The normalized spacial score (nSPS) is 16.5. The fraction of sp³-hybridized carbons (Fsp3) is 0.571. The van der Waals surface area contributed by atoms with Gasteiger partial charge in [-0.25, -0.2) is 0 Å². The summed E-state index contributed by atoms with van der Waals surface area (Å²) in [4.78, 5) is 0. The van der Waals surface area contributed by atoms with Crippen LogP contribution in [-0.2, 0) is 5.54 Å². The molecule has 2 N–H and O–H groups in total. The Labute approximate surface area is 109 Å². The number of aliphatic hydroxyl groups excluding tert-OH is 1. The molecule has 96 valence electrons. The average Bonchev–Trinajstić information content (AvgIpc) is 2.41. The second-order valence-electron chi connectivity index (χ2n) is 4.39. The van der Waals surface area contributed by atoms with Gasteiger partial charge in [0.1, 0.15) is 0 Å². The van der Waals surface area contributed by atoms with Crippen LogP contribution in [-0.4, -0.2) is 29.8 Å². The van der Waals surface area contributed by atoms with Crippen molar-refractivity contribution in [2.75, 3.05) is 19.4 Å². The molecule has 2 atom stereocenters. The minimum Gasteiger partial charge on any atom is -0.394 e. The molecule has 0 aliphatic heterocycles. The number of nitrogens with one attached hydrogen (secondary N) is 1. The van der Waals surface area contributed by atoms with Crippen molar-refractivity contribution in [1.82, 2.24) is 5.32 Å². The number of hydrogen-bond acceptors (Lipinski definition) is 3. The lowest BCUT2D eigenvalue weighted by molar-refractivity contribution is 0.187. The van der Waals surface area contributed by atoms with Crippen molar-refractivity contribution < 1.29 is 5.11 Å². The Hall–Kier alpha value is -0.510. The molecule has 0 amide bonds. The summed E-state index contributed by atoms with van der Waals surface area (Å²) in [6, 6.07) is 10.2. The molecule has 2 nitrogen and oxygen atoms in total. The van der Waals surface area contributed by atoms with Crippen molar-refractivity contribution in [3.8, 4) is 0 Å². The fourth-order valence-corrected chi connectivity index (χ4v) is 2.88. The summed E-state index contributed by atoms with van der Waals surface area (Å²) in [6.45, 7) is 4.55. The van der Waals surface area contributed by atoms with Crippen LogP contribution in [0.3, 0.4) is 0 Å². The summed E-state index contributed by atoms with van der Waals surface area (Å²) >= 11 is 1.90. The molecule has 0 aliphatic carbocycles. The smallest absolute Gasteiger partial charge is 0.0758 e. The van der Waals surface area contributed by atoms with E-state index in [4.69, 9.17) is 0 Å². The number of hydrogen-bond donors (Lipinski definition) is 2. The van der Waals surface area contributed by atoms with Crippen molar-refractivity contribution in [2.45, 2.75) is 31.1 Å². The first-order chi connectivity index (χ1) is 8.18. The Morgan fingerprint density at radius 2 is 2.00 bits per heavy atom. The molecule has 0 aliphatic rings. The summed E-state index contributed by atoms with van der Waals surface area (Å²) in [5.74, 6) is 0.888. The van der Waals surface area contributed by atoms with E-state index in [1.54, 1.807) is 0 Å². The van der Waals surface area contributed by atoms with Gasteiger partial charge in [0, 0.05) is 11.0 Å². The first kappa shape index (κ1) is 14.6. The predicted octanol–water partition coefficient (Wildman–Crippen LogP) is 2.63. The van der Waals surface area contributed by atoms with Crippen molar-refractivity contribution in [3.05, 3.63) is 35.9 Å². The van der Waals surface area contributed by atoms with Gasteiger partial charge >= 0.3 is 0 Å². The van der Waals surface area contributed by atoms with E-state index in [0.29, 0.717) is 5.25 Å². The van der Waals surface area contributed by atoms with Gasteiger partial charge in [-0.3, -0.25) is 0 Å². The zero-order chi connectivity index (χ0) is 12.7. The van der Waals surface area contributed by atoms with Gasteiger partial charge < -0.3 is 10.4 Å². The highest BCUT2D eigenvalue weighted by Gasteiger charge is 2.29. The van der Waals surface area contributed by atoms with Crippen LogP contribution in [0.15, 0.2) is 30.3 Å². The molecule has 0 saturated heterocycles. The van der Waals surface area contributed by atoms with Gasteiger partial charge in [-0.1, -0.05) is 44.2 Å². The lowest BCUT2D eigenvalue weighted by atomic mass is 9.93. The number of likely N-dealkylation sites (N-methyl/N-ethyl adjacent to an activating group) is 1. The molecule has 1 aromatic rings. The number of thioether (sulfide) groups is 1. The van der Waals surface area contributed by atoms with Gasteiger partial charge in [-0.05, 0) is 19.0 Å². The standard InChI is InChI=1S/C14H23NOS/c1-4-12(2)17-11-14(10-16,15-3)13-8-6-5-7-9-13/h5-9,12,15-16H,4,10-11H2,1-3H3. The van der Waals surface area contributed by atoms with Crippen LogP contribution in [0.4, 0.5) is 0 Å². The van der Waals surface area contributed by atoms with Gasteiger partial charge in [0.05, 0.1) is 12.1 Å². The van der Waals surface area contributed by atoms with Crippen LogP contribution >= 0.6 is 11.8 Å². The molecule has 0 aromatic heterocycles. The molecule has 3 heteroatoms. The van der Waals surface area contributed by atoms with Crippen molar-refractivity contribution in [3.63, 3.8) is 0 Å². The maximum atomic E-state index is 9.74. The molecule has 1 aromatic carbocycles. The van der Waals surface area contributed by atoms with Crippen molar-refractivity contribution in [2.24, 2.45) is 0 Å². The summed E-state index contributed by atoms with van der Waals surface area (Å²) < 4.78 is 0. The second-order valence-corrected chi connectivity index (χ2v) is 5.81. The average molecular weight is 253 g/mol. The monoisotopic (exact) mass is 253 g/mol. The molecule has 0 saturated carbocycles. The van der Waals surface area contributed by atoms with E-state index in [1.807, 2.05) is 37.0 Å². The van der Waals surface area contributed by atoms with E-state index in [0.717, 1.165) is 17.7 Å². The Balaban J connectivity index is 2.82. The third-order valence-electron chi connectivity index (χ3n) is 3.26. The SMILES string of the molecule is CCC(C)SCC(CO)(NC)c1ccccc1. The summed E-state index contributed by atoms with van der Waals surface area (Å²) in [7, 11) is 1.92. The van der Waals surface area contributed by atoms with E-state index < -0.39 is 0 Å². The minimum absolute atomic E-state index is 0.122. The Kier molecular flexibility index (Phi) is 6.03. The van der Waals surface area contributed by atoms with Gasteiger partial charge in [0.25, 0.3) is 0 Å². The van der Waals surface area contributed by atoms with E-state index >= 15 is 0 Å². The van der Waals surface area contributed by atoms with Crippen molar-refractivity contribution in [1.29, 1.82) is 0 Å². The van der Waals surface area contributed by atoms with Crippen LogP contribution in [0.5, 0.6) is 0 Å². The summed E-state index contributed by atoms with van der Waals surface area (Å²) in [6.07, 6.45) is 1.16. The van der Waals surface area contributed by atoms with Gasteiger partial charge in [0.2, 0.25) is 0 Å². The topological polar surface area (TPSA) is 32.3 Å². The zero-order valence-electron chi connectivity index (χ0n) is 10.9. The highest BCUT2D eigenvalue weighted by atomic mass is 32.2. The fourth-order valence-electron chi connectivity index (χ4n) is 1.68. The Morgan fingerprint density at radius 1 is 1.35 bits per heavy atom. The predicted molar refractivity (Wildman–Crippen MR) is 76.5 cm³/mol. The third kappa shape index (κ3) is 3.73. The number of benzene rings is 1. The maximum Gasteiger partial charge on any atom is 0.0758 e. The van der Waals surface area contributed by atoms with E-state index in [-0.39, 0.29) is 12.1 Å². The Morgan fingerprint density at radius 3 is 2.47 bits per heavy atom. The van der Waals surface area contributed by atoms with Gasteiger partial charge in [-0.2, -0.15) is 11.8 Å². The van der Waals surface area contributed by atoms with Crippen LogP contribution in [0.25, 0.3) is 0 Å². The van der Waals surface area contributed by atoms with Crippen LogP contribution in [0.1, 0.15) is 25.8 Å². The van der Waals surface area contributed by atoms with E-state index in [1.165, 1.54) is 0 Å². The molecule has 0 spiro atoms. The lowest BCUT2D eigenvalue weighted by Crippen LogP contribution is -2.46. The van der Waals surface area contributed by atoms with E-state index in [2.05, 4.69) is 31.3 Å². The molecule has 1 rings (SSSR count). The first-order valence-corrected chi connectivity index (χ1v) is 7.20. The quantitative estimate of drug-likeness (QED) is 0.783. The summed E-state index contributed by atoms with van der Waals surface area (Å²) in [5.41, 5.74) is 0.829. The van der Waals surface area contributed by atoms with Crippen LogP contribution in [0, 0.1) is 0 Å². The molecular weight excluding hydrogens is 230 g/mol. The lowest BCUT2D eigenvalue weighted by Gasteiger charge is -2.32. The maximum absolute atomic E-state index is 9.74. The van der Waals surface area contributed by atoms with Gasteiger partial charge in [0.15, 0.2) is 0 Å². The number of aliphatic hydroxyl groups is 1. The molecule has 0 bridgehead atoms. The van der Waals surface area contributed by atoms with Crippen molar-refractivity contribution >= 4 is 11.8 Å². The summed E-state index contributed by atoms with van der Waals surface area (Å²) in [5, 5.41) is 13.7. The van der Waals surface area contributed by atoms with Crippen LogP contribution in [0.2, 0.25) is 0 Å². The van der Waals surface area contributed by atoms with Gasteiger partial charge in [-0.15, -0.1) is 0 Å². The molecule has 0 fully saturated rings. The van der Waals surface area contributed by atoms with E-state index in [9.17, 15) is 5.11 Å². The molecule has 0 radical (unpaired) electrons. The molecule has 0 heterocycles. The zero-order valence-corrected chi connectivity index (χ0v) is 11.8. The van der Waals surface area contributed by atoms with Crippen LogP contribution < -0.4 is 5.32 Å². The molecule has 2 unspecified atom stereocenters. The first-order valence-electron chi connectivity index (χ1n) is 6.15. The highest BCUT2D eigenvalue weighted by molar-refractivity contribution is 7.99. The second kappa shape index (κ2) is 7.04. The molecular formula is C14H23NOS. The number of rotatable bonds is 7. The Bertz CT molecular complexity index is 311. The largest absolute Gasteiger partial charge is 0.394 e. The molecule has 17 heavy (non-hydrogen) atoms. The minimum atomic E-state index is -0.324. The third-order valence-corrected chi connectivity index (χ3v) is 4.83.